The van der Waals surface area contributed by atoms with E-state index in [-0.39, 0.29) is 6.01 Å². The van der Waals surface area contributed by atoms with Crippen LogP contribution in [0.5, 0.6) is 0 Å². The third-order valence-corrected chi connectivity index (χ3v) is 0.841. The molecule has 0 unspecified atom stereocenters. The minimum absolute atomic E-state index is 0.00435. The van der Waals surface area contributed by atoms with Crippen molar-refractivity contribution >= 4 is 6.01 Å². The summed E-state index contributed by atoms with van der Waals surface area (Å²) in [5, 5.41) is 8.73. The number of hydrogen-bond acceptors (Lipinski definition) is 4. The number of anilines is 1. The Morgan fingerprint density at radius 3 is 2.50 bits per heavy atom. The molecular weight excluding hydrogens is 144 g/mol. The van der Waals surface area contributed by atoms with Gasteiger partial charge in [0.1, 0.15) is 0 Å². The highest BCUT2D eigenvalue weighted by Crippen LogP contribution is 2.17. The molecule has 0 atom stereocenters. The van der Waals surface area contributed by atoms with Crippen LogP contribution in [0, 0.1) is 0 Å². The molecule has 0 aromatic carbocycles. The average molecular weight is 149 g/mol. The molecule has 1 aromatic heterocycles. The van der Waals surface area contributed by atoms with Crippen LogP contribution in [-0.2, 0) is 0 Å². The number of nitrogens with one attached hydrogen (secondary N) is 1. The highest BCUT2D eigenvalue weighted by atomic mass is 19.3. The molecule has 0 aliphatic heterocycles. The first-order chi connectivity index (χ1) is 4.74. The van der Waals surface area contributed by atoms with Crippen LogP contribution in [0.25, 0.3) is 0 Å². The minimum Gasteiger partial charge on any atom is -0.402 e. The smallest absolute Gasteiger partial charge is 0.315 e. The van der Waals surface area contributed by atoms with Crippen LogP contribution in [-0.4, -0.2) is 17.2 Å². The number of nitrogens with zero attached hydrogens (tertiary/aromatic N) is 2. The molecule has 0 fully saturated rings. The van der Waals surface area contributed by atoms with Crippen molar-refractivity contribution in [3.05, 3.63) is 5.89 Å². The molecule has 56 valence electrons. The predicted octanol–water partition coefficient (Wildman–Crippen LogP) is 1.05. The van der Waals surface area contributed by atoms with Crippen molar-refractivity contribution in [1.82, 2.24) is 10.2 Å². The number of halogens is 2. The van der Waals surface area contributed by atoms with Crippen molar-refractivity contribution in [2.75, 3.05) is 12.4 Å². The Morgan fingerprint density at radius 1 is 1.50 bits per heavy atom. The highest BCUT2D eigenvalue weighted by molar-refractivity contribution is 5.14. The van der Waals surface area contributed by atoms with Gasteiger partial charge in [-0.2, -0.15) is 8.78 Å². The Balaban J connectivity index is 2.78. The lowest BCUT2D eigenvalue weighted by atomic mass is 10.7. The van der Waals surface area contributed by atoms with Crippen LogP contribution in [0.1, 0.15) is 12.3 Å². The van der Waals surface area contributed by atoms with Gasteiger partial charge in [-0.3, -0.25) is 0 Å². The Kier molecular flexibility index (Phi) is 1.79. The monoisotopic (exact) mass is 149 g/mol. The van der Waals surface area contributed by atoms with Crippen LogP contribution in [0.4, 0.5) is 14.8 Å². The second-order valence-corrected chi connectivity index (χ2v) is 1.50. The summed E-state index contributed by atoms with van der Waals surface area (Å²) in [4.78, 5) is 0. The van der Waals surface area contributed by atoms with Crippen molar-refractivity contribution in [2.45, 2.75) is 6.43 Å². The molecule has 10 heavy (non-hydrogen) atoms. The molecule has 0 bridgehead atoms. The molecular formula is C4H5F2N3O. The molecule has 1 aromatic rings. The lowest BCUT2D eigenvalue weighted by Gasteiger charge is -1.87. The minimum atomic E-state index is -2.70. The molecule has 4 nitrogen and oxygen atoms in total. The topological polar surface area (TPSA) is 51.0 Å². The molecule has 0 aliphatic carbocycles. The van der Waals surface area contributed by atoms with Gasteiger partial charge in [-0.05, 0) is 0 Å². The summed E-state index contributed by atoms with van der Waals surface area (Å²) in [6.07, 6.45) is -2.70. The zero-order valence-corrected chi connectivity index (χ0v) is 5.14. The molecule has 0 radical (unpaired) electrons. The standard InChI is InChI=1S/C4H5F2N3O/c1-7-4-9-8-3(10-4)2(5)6/h2H,1H3,(H,7,9). The van der Waals surface area contributed by atoms with Crippen molar-refractivity contribution in [2.24, 2.45) is 0 Å². The van der Waals surface area contributed by atoms with E-state index < -0.39 is 12.3 Å². The molecule has 0 saturated heterocycles. The van der Waals surface area contributed by atoms with Gasteiger partial charge in [-0.25, -0.2) is 0 Å². The summed E-state index contributed by atoms with van der Waals surface area (Å²) in [7, 11) is 1.50. The Bertz CT molecular complexity index is 212. The first-order valence-electron chi connectivity index (χ1n) is 2.53. The van der Waals surface area contributed by atoms with E-state index >= 15 is 0 Å². The van der Waals surface area contributed by atoms with Gasteiger partial charge < -0.3 is 9.73 Å². The number of alkyl halides is 2. The van der Waals surface area contributed by atoms with Crippen molar-refractivity contribution in [3.63, 3.8) is 0 Å². The fourth-order valence-corrected chi connectivity index (χ4v) is 0.424. The van der Waals surface area contributed by atoms with Crippen LogP contribution in [0.15, 0.2) is 4.42 Å². The van der Waals surface area contributed by atoms with Gasteiger partial charge >= 0.3 is 12.4 Å². The second kappa shape index (κ2) is 2.59. The Hall–Kier alpha value is -1.20. The average Bonchev–Trinajstić information content (AvgIpc) is 2.34. The fourth-order valence-electron chi connectivity index (χ4n) is 0.424. The summed E-state index contributed by atoms with van der Waals surface area (Å²) in [6.45, 7) is 0. The number of aromatic nitrogens is 2. The molecule has 0 aliphatic rings. The van der Waals surface area contributed by atoms with Gasteiger partial charge in [0.2, 0.25) is 0 Å². The third-order valence-electron chi connectivity index (χ3n) is 0.841. The lowest BCUT2D eigenvalue weighted by molar-refractivity contribution is 0.116. The molecule has 1 N–H and O–H groups in total. The zero-order valence-electron chi connectivity index (χ0n) is 5.14. The van der Waals surface area contributed by atoms with E-state index in [1.165, 1.54) is 7.05 Å². The summed E-state index contributed by atoms with van der Waals surface area (Å²) < 4.78 is 27.8. The van der Waals surface area contributed by atoms with Crippen LogP contribution >= 0.6 is 0 Å². The molecule has 6 heteroatoms. The first kappa shape index (κ1) is 6.91. The van der Waals surface area contributed by atoms with E-state index in [1.807, 2.05) is 0 Å². The maximum atomic E-state index is 11.7. The van der Waals surface area contributed by atoms with Crippen LogP contribution in [0.3, 0.4) is 0 Å². The van der Waals surface area contributed by atoms with Gasteiger partial charge in [0.15, 0.2) is 0 Å². The number of hydrogen-bond donors (Lipinski definition) is 1. The van der Waals surface area contributed by atoms with Gasteiger partial charge in [-0.1, -0.05) is 5.10 Å². The van der Waals surface area contributed by atoms with E-state index in [9.17, 15) is 8.78 Å². The summed E-state index contributed by atoms with van der Waals surface area (Å²) in [5.41, 5.74) is 0. The molecule has 0 amide bonds. The summed E-state index contributed by atoms with van der Waals surface area (Å²) in [6, 6.07) is -0.00435. The Labute approximate surface area is 55.2 Å². The van der Waals surface area contributed by atoms with Gasteiger partial charge in [-0.15, -0.1) is 5.10 Å². The summed E-state index contributed by atoms with van der Waals surface area (Å²) >= 11 is 0. The van der Waals surface area contributed by atoms with E-state index in [0.717, 1.165) is 0 Å². The Morgan fingerprint density at radius 2 is 2.20 bits per heavy atom. The lowest BCUT2D eigenvalue weighted by Crippen LogP contribution is -1.85. The van der Waals surface area contributed by atoms with E-state index in [2.05, 4.69) is 19.9 Å². The van der Waals surface area contributed by atoms with Crippen LogP contribution < -0.4 is 5.32 Å². The molecule has 0 saturated carbocycles. The largest absolute Gasteiger partial charge is 0.402 e. The number of rotatable bonds is 2. The first-order valence-corrected chi connectivity index (χ1v) is 2.53. The van der Waals surface area contributed by atoms with E-state index in [0.29, 0.717) is 0 Å². The molecule has 0 spiro atoms. The normalized spacial score (nSPS) is 10.4. The second-order valence-electron chi connectivity index (χ2n) is 1.50. The SMILES string of the molecule is CNc1nnc(C(F)F)o1. The molecule has 1 rings (SSSR count). The van der Waals surface area contributed by atoms with E-state index in [4.69, 9.17) is 0 Å². The zero-order chi connectivity index (χ0) is 7.56. The third kappa shape index (κ3) is 1.20. The summed E-state index contributed by atoms with van der Waals surface area (Å²) in [5.74, 6) is -0.663. The maximum Gasteiger partial charge on any atom is 0.315 e. The highest BCUT2D eigenvalue weighted by Gasteiger charge is 2.14. The van der Waals surface area contributed by atoms with Crippen molar-refractivity contribution in [1.29, 1.82) is 0 Å². The van der Waals surface area contributed by atoms with Gasteiger partial charge in [0.05, 0.1) is 0 Å². The predicted molar refractivity (Wildman–Crippen MR) is 28.8 cm³/mol. The van der Waals surface area contributed by atoms with Crippen LogP contribution in [0.2, 0.25) is 0 Å². The molecule has 1 heterocycles. The maximum absolute atomic E-state index is 11.7. The van der Waals surface area contributed by atoms with Crippen molar-refractivity contribution in [3.8, 4) is 0 Å². The van der Waals surface area contributed by atoms with Gasteiger partial charge in [0, 0.05) is 7.05 Å². The van der Waals surface area contributed by atoms with Crippen molar-refractivity contribution < 1.29 is 13.2 Å². The fraction of sp³-hybridized carbons (Fsp3) is 0.500. The van der Waals surface area contributed by atoms with Gasteiger partial charge in [0.25, 0.3) is 5.89 Å². The quantitative estimate of drug-likeness (QED) is 0.682. The van der Waals surface area contributed by atoms with E-state index in [1.54, 1.807) is 0 Å².